The number of carbonyl (C=O) groups is 2. The highest BCUT2D eigenvalue weighted by Gasteiger charge is 2.46. The Morgan fingerprint density at radius 2 is 1.86 bits per heavy atom. The molecule has 2 aliphatic rings. The van der Waals surface area contributed by atoms with E-state index in [1.165, 1.54) is 10.9 Å². The van der Waals surface area contributed by atoms with Gasteiger partial charge in [-0.25, -0.2) is 9.37 Å². The zero-order chi connectivity index (χ0) is 31.0. The highest BCUT2D eigenvalue weighted by atomic mass is 32.1. The number of rotatable bonds is 11. The zero-order valence-corrected chi connectivity index (χ0v) is 26.8. The number of anilines is 1. The third-order valence-corrected chi connectivity index (χ3v) is 10.1. The van der Waals surface area contributed by atoms with Crippen LogP contribution in [-0.2, 0) is 11.2 Å². The van der Waals surface area contributed by atoms with Crippen LogP contribution < -0.4 is 10.2 Å². The van der Waals surface area contributed by atoms with Crippen LogP contribution in [0.15, 0.2) is 60.0 Å². The third kappa shape index (κ3) is 5.99. The van der Waals surface area contributed by atoms with E-state index in [0.29, 0.717) is 31.1 Å². The summed E-state index contributed by atoms with van der Waals surface area (Å²) in [6, 6.07) is 16.5. The van der Waals surface area contributed by atoms with Crippen LogP contribution in [-0.4, -0.2) is 57.5 Å². The van der Waals surface area contributed by atoms with Gasteiger partial charge in [-0.15, -0.1) is 11.3 Å². The van der Waals surface area contributed by atoms with Crippen molar-refractivity contribution in [2.75, 3.05) is 18.0 Å². The second kappa shape index (κ2) is 12.7. The van der Waals surface area contributed by atoms with Gasteiger partial charge in [-0.05, 0) is 79.4 Å². The number of nitrogens with one attached hydrogen (secondary N) is 1. The number of hydrogen-bond acceptors (Lipinski definition) is 5. The van der Waals surface area contributed by atoms with Gasteiger partial charge in [0.2, 0.25) is 5.91 Å². The largest absolute Gasteiger partial charge is 0.365 e. The summed E-state index contributed by atoms with van der Waals surface area (Å²) in [6.07, 6.45) is 4.17. The van der Waals surface area contributed by atoms with Gasteiger partial charge in [-0.1, -0.05) is 39.8 Å². The first-order chi connectivity index (χ1) is 21.2. The number of hydrogen-bond donors (Lipinski definition) is 1. The normalized spacial score (nSPS) is 18.6. The Morgan fingerprint density at radius 3 is 2.52 bits per heavy atom. The molecule has 6 rings (SSSR count). The van der Waals surface area contributed by atoms with Crippen LogP contribution in [0, 0.1) is 11.7 Å². The van der Waals surface area contributed by atoms with Crippen molar-refractivity contribution in [3.8, 4) is 0 Å². The first kappa shape index (κ1) is 30.3. The summed E-state index contributed by atoms with van der Waals surface area (Å²) in [5.41, 5.74) is 3.21. The Bertz CT molecular complexity index is 1630. The van der Waals surface area contributed by atoms with Crippen molar-refractivity contribution < 1.29 is 14.0 Å². The van der Waals surface area contributed by atoms with E-state index >= 15 is 0 Å². The van der Waals surface area contributed by atoms with E-state index in [-0.39, 0.29) is 35.6 Å². The Hall–Kier alpha value is -3.72. The van der Waals surface area contributed by atoms with Crippen LogP contribution in [0.1, 0.15) is 80.5 Å². The number of fused-ring (bicyclic) bond motifs is 3. The van der Waals surface area contributed by atoms with Crippen LogP contribution >= 0.6 is 11.3 Å². The zero-order valence-electron chi connectivity index (χ0n) is 26.0. The van der Waals surface area contributed by atoms with E-state index in [0.717, 1.165) is 48.2 Å². The number of amides is 2. The first-order valence-electron chi connectivity index (χ1n) is 15.9. The SMILES string of the molecule is CCC(CC)n1c(Cc2cccs2)nc2cc(C(=O)N[C@@H](CC(C)C)C(=O)N3CC4CC3CN4c3cccc(F)c3)ccc21. The minimum Gasteiger partial charge on any atom is -0.365 e. The van der Waals surface area contributed by atoms with Gasteiger partial charge < -0.3 is 19.7 Å². The average molecular weight is 616 g/mol. The molecule has 7 nitrogen and oxygen atoms in total. The smallest absolute Gasteiger partial charge is 0.252 e. The topological polar surface area (TPSA) is 70.5 Å². The molecule has 2 saturated heterocycles. The Morgan fingerprint density at radius 1 is 1.05 bits per heavy atom. The molecule has 2 fully saturated rings. The molecule has 4 heterocycles. The molecule has 44 heavy (non-hydrogen) atoms. The van der Waals surface area contributed by atoms with E-state index in [1.54, 1.807) is 23.5 Å². The van der Waals surface area contributed by atoms with Crippen LogP contribution in [0.2, 0.25) is 0 Å². The third-order valence-electron chi connectivity index (χ3n) is 9.22. The van der Waals surface area contributed by atoms with Gasteiger partial charge in [0.1, 0.15) is 17.7 Å². The summed E-state index contributed by atoms with van der Waals surface area (Å²) in [6.45, 7) is 9.80. The van der Waals surface area contributed by atoms with Crippen LogP contribution in [0.3, 0.4) is 0 Å². The van der Waals surface area contributed by atoms with Gasteiger partial charge in [0.25, 0.3) is 5.91 Å². The molecular formula is C35H42FN5O2S. The lowest BCUT2D eigenvalue weighted by molar-refractivity contribution is -0.134. The fraction of sp³-hybridized carbons (Fsp3) is 0.457. The van der Waals surface area contributed by atoms with Crippen molar-refractivity contribution in [2.45, 2.75) is 84.0 Å². The summed E-state index contributed by atoms with van der Waals surface area (Å²) in [5.74, 6) is 0.699. The maximum Gasteiger partial charge on any atom is 0.252 e. The van der Waals surface area contributed by atoms with Crippen LogP contribution in [0.25, 0.3) is 11.0 Å². The molecule has 2 aliphatic heterocycles. The predicted molar refractivity (Wildman–Crippen MR) is 175 cm³/mol. The highest BCUT2D eigenvalue weighted by Crippen LogP contribution is 2.35. The summed E-state index contributed by atoms with van der Waals surface area (Å²) in [5, 5.41) is 5.18. The van der Waals surface area contributed by atoms with Gasteiger partial charge in [0, 0.05) is 47.7 Å². The lowest BCUT2D eigenvalue weighted by Gasteiger charge is -2.37. The lowest BCUT2D eigenvalue weighted by atomic mass is 10.0. The number of likely N-dealkylation sites (tertiary alicyclic amines) is 1. The number of thiophene rings is 1. The van der Waals surface area contributed by atoms with E-state index in [9.17, 15) is 14.0 Å². The fourth-order valence-electron chi connectivity index (χ4n) is 7.09. The molecule has 9 heteroatoms. The highest BCUT2D eigenvalue weighted by molar-refractivity contribution is 7.09. The molecule has 2 unspecified atom stereocenters. The number of imidazole rings is 1. The molecule has 4 aromatic rings. The molecule has 0 aliphatic carbocycles. The number of aromatic nitrogens is 2. The lowest BCUT2D eigenvalue weighted by Crippen LogP contribution is -2.55. The molecule has 3 atom stereocenters. The number of benzene rings is 2. The Labute approximate surface area is 263 Å². The van der Waals surface area contributed by atoms with Gasteiger partial charge in [-0.3, -0.25) is 9.59 Å². The summed E-state index contributed by atoms with van der Waals surface area (Å²) in [7, 11) is 0. The van der Waals surface area contributed by atoms with E-state index < -0.39 is 6.04 Å². The average Bonchev–Trinajstić information content (AvgIpc) is 3.81. The van der Waals surface area contributed by atoms with E-state index in [1.807, 2.05) is 29.2 Å². The van der Waals surface area contributed by atoms with Crippen molar-refractivity contribution in [1.29, 1.82) is 0 Å². The van der Waals surface area contributed by atoms with Gasteiger partial charge in [0.05, 0.1) is 17.1 Å². The summed E-state index contributed by atoms with van der Waals surface area (Å²) < 4.78 is 16.2. The predicted octanol–water partition coefficient (Wildman–Crippen LogP) is 6.82. The van der Waals surface area contributed by atoms with Gasteiger partial charge in [0.15, 0.2) is 0 Å². The molecule has 0 spiro atoms. The molecule has 2 aromatic carbocycles. The number of carbonyl (C=O) groups excluding carboxylic acids is 2. The second-order valence-electron chi connectivity index (χ2n) is 12.6. The molecule has 232 valence electrons. The van der Waals surface area contributed by atoms with E-state index in [4.69, 9.17) is 4.98 Å². The fourth-order valence-corrected chi connectivity index (χ4v) is 7.79. The minimum absolute atomic E-state index is 0.0317. The maximum atomic E-state index is 13.9. The maximum absolute atomic E-state index is 13.9. The minimum atomic E-state index is -0.614. The first-order valence-corrected chi connectivity index (χ1v) is 16.8. The number of halogens is 1. The Balaban J connectivity index is 1.20. The molecule has 0 saturated carbocycles. The van der Waals surface area contributed by atoms with Gasteiger partial charge in [-0.2, -0.15) is 0 Å². The second-order valence-corrected chi connectivity index (χ2v) is 13.7. The van der Waals surface area contributed by atoms with Crippen molar-refractivity contribution in [3.63, 3.8) is 0 Å². The molecule has 2 aromatic heterocycles. The summed E-state index contributed by atoms with van der Waals surface area (Å²) >= 11 is 1.73. The molecule has 0 radical (unpaired) electrons. The quantitative estimate of drug-likeness (QED) is 0.201. The van der Waals surface area contributed by atoms with Gasteiger partial charge >= 0.3 is 0 Å². The Kier molecular flexibility index (Phi) is 8.76. The van der Waals surface area contributed by atoms with Crippen molar-refractivity contribution in [1.82, 2.24) is 19.8 Å². The van der Waals surface area contributed by atoms with Crippen molar-refractivity contribution in [2.24, 2.45) is 5.92 Å². The van der Waals surface area contributed by atoms with Crippen LogP contribution in [0.4, 0.5) is 10.1 Å². The standard InChI is InChI=1S/C35H42FN5O2S/c1-5-25(6-2)41-32-13-12-23(16-30(32)37-33(41)19-29-11-8-14-44-29)34(42)38-31(15-22(3)4)35(43)40-21-27-18-28(40)20-39(27)26-10-7-9-24(36)17-26/h7-14,16-17,22,25,27-28,31H,5-6,15,18-21H2,1-4H3,(H,38,42)/t27?,28?,31-/m0/s1. The monoisotopic (exact) mass is 615 g/mol. The van der Waals surface area contributed by atoms with Crippen LogP contribution in [0.5, 0.6) is 0 Å². The summed E-state index contributed by atoms with van der Waals surface area (Å²) in [4.78, 5) is 38.0. The molecule has 2 amide bonds. The van der Waals surface area contributed by atoms with E-state index in [2.05, 4.69) is 60.0 Å². The number of nitrogens with zero attached hydrogens (tertiary/aromatic N) is 4. The van der Waals surface area contributed by atoms with Crippen molar-refractivity contribution >= 4 is 39.9 Å². The number of piperazine rings is 1. The molecule has 2 bridgehead atoms. The molecular weight excluding hydrogens is 573 g/mol. The molecule has 1 N–H and O–H groups in total. The van der Waals surface area contributed by atoms with Crippen molar-refractivity contribution in [3.05, 3.63) is 82.1 Å².